The SMILES string of the molecule is COc1ccsc1C(=O)Nc1c(C)cc(C)cc1C(=O)O. The first kappa shape index (κ1) is 15.1. The van der Waals surface area contributed by atoms with E-state index in [1.165, 1.54) is 24.5 Å². The zero-order valence-corrected chi connectivity index (χ0v) is 12.7. The van der Waals surface area contributed by atoms with Crippen molar-refractivity contribution >= 4 is 28.9 Å². The molecule has 2 rings (SSSR count). The van der Waals surface area contributed by atoms with Crippen LogP contribution in [0.15, 0.2) is 23.6 Å². The number of carbonyl (C=O) groups excluding carboxylic acids is 1. The molecule has 0 aliphatic carbocycles. The van der Waals surface area contributed by atoms with Gasteiger partial charge in [0.05, 0.1) is 18.4 Å². The van der Waals surface area contributed by atoms with Crippen molar-refractivity contribution in [1.82, 2.24) is 0 Å². The minimum Gasteiger partial charge on any atom is -0.495 e. The van der Waals surface area contributed by atoms with Gasteiger partial charge in [-0.2, -0.15) is 0 Å². The van der Waals surface area contributed by atoms with Crippen LogP contribution < -0.4 is 10.1 Å². The number of thiophene rings is 1. The van der Waals surface area contributed by atoms with Gasteiger partial charge in [0.1, 0.15) is 10.6 Å². The van der Waals surface area contributed by atoms with Crippen molar-refractivity contribution in [2.24, 2.45) is 0 Å². The molecule has 0 unspecified atom stereocenters. The van der Waals surface area contributed by atoms with Crippen LogP contribution in [0.3, 0.4) is 0 Å². The highest BCUT2D eigenvalue weighted by Gasteiger charge is 2.19. The van der Waals surface area contributed by atoms with Crippen LogP contribution >= 0.6 is 11.3 Å². The number of methoxy groups -OCH3 is 1. The molecular formula is C15H15NO4S. The summed E-state index contributed by atoms with van der Waals surface area (Å²) in [6.07, 6.45) is 0. The van der Waals surface area contributed by atoms with Gasteiger partial charge in [-0.25, -0.2) is 4.79 Å². The van der Waals surface area contributed by atoms with Crippen molar-refractivity contribution in [2.75, 3.05) is 12.4 Å². The molecule has 6 heteroatoms. The Kier molecular flexibility index (Phi) is 4.28. The number of amides is 1. The van der Waals surface area contributed by atoms with Crippen LogP contribution in [0.5, 0.6) is 5.75 Å². The Labute approximate surface area is 126 Å². The Morgan fingerprint density at radius 3 is 2.62 bits per heavy atom. The van der Waals surface area contributed by atoms with E-state index in [0.29, 0.717) is 21.9 Å². The minimum atomic E-state index is -1.07. The van der Waals surface area contributed by atoms with Crippen LogP contribution in [0.25, 0.3) is 0 Å². The predicted molar refractivity (Wildman–Crippen MR) is 81.7 cm³/mol. The fourth-order valence-corrected chi connectivity index (χ4v) is 2.85. The second kappa shape index (κ2) is 5.97. The maximum absolute atomic E-state index is 12.3. The van der Waals surface area contributed by atoms with Gasteiger partial charge in [-0.1, -0.05) is 6.07 Å². The summed E-state index contributed by atoms with van der Waals surface area (Å²) in [5.41, 5.74) is 1.93. The Hall–Kier alpha value is -2.34. The topological polar surface area (TPSA) is 75.6 Å². The highest BCUT2D eigenvalue weighted by molar-refractivity contribution is 7.12. The van der Waals surface area contributed by atoms with Crippen molar-refractivity contribution < 1.29 is 19.4 Å². The van der Waals surface area contributed by atoms with E-state index in [1.54, 1.807) is 18.4 Å². The van der Waals surface area contributed by atoms with E-state index in [1.807, 2.05) is 13.0 Å². The Bertz CT molecular complexity index is 706. The number of nitrogens with one attached hydrogen (secondary N) is 1. The lowest BCUT2D eigenvalue weighted by Gasteiger charge is -2.12. The van der Waals surface area contributed by atoms with Crippen LogP contribution in [0.4, 0.5) is 5.69 Å². The van der Waals surface area contributed by atoms with Gasteiger partial charge in [0.2, 0.25) is 0 Å². The molecule has 0 bridgehead atoms. The standard InChI is InChI=1S/C15H15NO4S/c1-8-6-9(2)12(10(7-8)15(18)19)16-14(17)13-11(20-3)4-5-21-13/h4-7H,1-3H3,(H,16,17)(H,18,19). The average molecular weight is 305 g/mol. The highest BCUT2D eigenvalue weighted by atomic mass is 32.1. The summed E-state index contributed by atoms with van der Waals surface area (Å²) in [5.74, 6) is -0.981. The number of ether oxygens (including phenoxy) is 1. The number of carboxylic acid groups (broad SMARTS) is 1. The van der Waals surface area contributed by atoms with Gasteiger partial charge < -0.3 is 15.2 Å². The van der Waals surface area contributed by atoms with Crippen LogP contribution in [0, 0.1) is 13.8 Å². The first-order valence-corrected chi connectivity index (χ1v) is 7.09. The first-order chi connectivity index (χ1) is 9.93. The van der Waals surface area contributed by atoms with Crippen molar-refractivity contribution in [3.8, 4) is 5.75 Å². The number of anilines is 1. The first-order valence-electron chi connectivity index (χ1n) is 6.21. The molecule has 5 nitrogen and oxygen atoms in total. The zero-order valence-electron chi connectivity index (χ0n) is 11.9. The lowest BCUT2D eigenvalue weighted by atomic mass is 10.0. The van der Waals surface area contributed by atoms with E-state index in [2.05, 4.69) is 5.32 Å². The number of aromatic carboxylic acids is 1. The number of carboxylic acids is 1. The van der Waals surface area contributed by atoms with E-state index in [0.717, 1.165) is 5.56 Å². The van der Waals surface area contributed by atoms with Gasteiger partial charge in [0.25, 0.3) is 5.91 Å². The molecule has 0 aliphatic heterocycles. The summed E-state index contributed by atoms with van der Waals surface area (Å²) in [7, 11) is 1.48. The largest absolute Gasteiger partial charge is 0.495 e. The predicted octanol–water partition coefficient (Wildman–Crippen LogP) is 3.32. The number of aryl methyl sites for hydroxylation is 2. The molecule has 1 heterocycles. The van der Waals surface area contributed by atoms with Crippen molar-refractivity contribution in [3.05, 3.63) is 45.1 Å². The zero-order chi connectivity index (χ0) is 15.6. The minimum absolute atomic E-state index is 0.0800. The Morgan fingerprint density at radius 2 is 2.00 bits per heavy atom. The number of rotatable bonds is 4. The molecule has 0 saturated heterocycles. The third-order valence-electron chi connectivity index (χ3n) is 3.00. The number of hydrogen-bond donors (Lipinski definition) is 2. The van der Waals surface area contributed by atoms with Crippen LogP contribution in [0.1, 0.15) is 31.2 Å². The molecule has 110 valence electrons. The van der Waals surface area contributed by atoms with E-state index in [4.69, 9.17) is 4.74 Å². The van der Waals surface area contributed by atoms with Crippen LogP contribution in [0.2, 0.25) is 0 Å². The van der Waals surface area contributed by atoms with Gasteiger partial charge in [0, 0.05) is 0 Å². The summed E-state index contributed by atoms with van der Waals surface area (Å²) < 4.78 is 5.10. The summed E-state index contributed by atoms with van der Waals surface area (Å²) in [6.45, 7) is 3.58. The molecule has 1 aromatic carbocycles. The summed E-state index contributed by atoms with van der Waals surface area (Å²) in [6, 6.07) is 5.06. The highest BCUT2D eigenvalue weighted by Crippen LogP contribution is 2.28. The molecule has 21 heavy (non-hydrogen) atoms. The molecule has 2 N–H and O–H groups in total. The molecule has 0 aliphatic rings. The van der Waals surface area contributed by atoms with E-state index in [9.17, 15) is 14.7 Å². The van der Waals surface area contributed by atoms with Gasteiger partial charge in [-0.05, 0) is 42.5 Å². The molecule has 1 aromatic heterocycles. The molecule has 0 spiro atoms. The lowest BCUT2D eigenvalue weighted by molar-refractivity contribution is 0.0698. The van der Waals surface area contributed by atoms with E-state index < -0.39 is 5.97 Å². The summed E-state index contributed by atoms with van der Waals surface area (Å²) >= 11 is 1.24. The average Bonchev–Trinajstić information content (AvgIpc) is 2.89. The Morgan fingerprint density at radius 1 is 1.29 bits per heavy atom. The second-order valence-electron chi connectivity index (χ2n) is 4.58. The molecule has 2 aromatic rings. The smallest absolute Gasteiger partial charge is 0.337 e. The maximum atomic E-state index is 12.3. The lowest BCUT2D eigenvalue weighted by Crippen LogP contribution is -2.15. The van der Waals surface area contributed by atoms with Crippen molar-refractivity contribution in [1.29, 1.82) is 0 Å². The molecule has 0 fully saturated rings. The normalized spacial score (nSPS) is 10.2. The van der Waals surface area contributed by atoms with Gasteiger partial charge in [-0.3, -0.25) is 4.79 Å². The Balaban J connectivity index is 2.40. The van der Waals surface area contributed by atoms with Crippen molar-refractivity contribution in [2.45, 2.75) is 13.8 Å². The van der Waals surface area contributed by atoms with Gasteiger partial charge in [0.15, 0.2) is 0 Å². The third-order valence-corrected chi connectivity index (χ3v) is 3.90. The number of hydrogen-bond acceptors (Lipinski definition) is 4. The van der Waals surface area contributed by atoms with Gasteiger partial charge >= 0.3 is 5.97 Å². The maximum Gasteiger partial charge on any atom is 0.337 e. The van der Waals surface area contributed by atoms with Crippen molar-refractivity contribution in [3.63, 3.8) is 0 Å². The fraction of sp³-hybridized carbons (Fsp3) is 0.200. The summed E-state index contributed by atoms with van der Waals surface area (Å²) in [5, 5.41) is 13.7. The number of benzene rings is 1. The molecule has 1 amide bonds. The van der Waals surface area contributed by atoms with Crippen LogP contribution in [-0.4, -0.2) is 24.1 Å². The molecule has 0 atom stereocenters. The fourth-order valence-electron chi connectivity index (χ4n) is 2.10. The third kappa shape index (κ3) is 3.05. The van der Waals surface area contributed by atoms with Crippen LogP contribution in [-0.2, 0) is 0 Å². The monoisotopic (exact) mass is 305 g/mol. The molecule has 0 saturated carbocycles. The molecule has 0 radical (unpaired) electrons. The van der Waals surface area contributed by atoms with Gasteiger partial charge in [-0.15, -0.1) is 11.3 Å². The second-order valence-corrected chi connectivity index (χ2v) is 5.50. The van der Waals surface area contributed by atoms with E-state index in [-0.39, 0.29) is 11.5 Å². The summed E-state index contributed by atoms with van der Waals surface area (Å²) in [4.78, 5) is 24.0. The molecular weight excluding hydrogens is 290 g/mol. The quantitative estimate of drug-likeness (QED) is 0.908. The number of carbonyl (C=O) groups is 2. The van der Waals surface area contributed by atoms with E-state index >= 15 is 0 Å².